The Bertz CT molecular complexity index is 300. The number of pyridine rings is 1. The van der Waals surface area contributed by atoms with Crippen LogP contribution in [-0.4, -0.2) is 21.1 Å². The first-order valence-electron chi connectivity index (χ1n) is 3.67. The molecule has 0 saturated heterocycles. The minimum atomic E-state index is -0.869. The molecular weight excluding hydrogens is 156 g/mol. The molecule has 1 aromatic heterocycles. The Morgan fingerprint density at radius 3 is 2.92 bits per heavy atom. The second-order valence-corrected chi connectivity index (χ2v) is 2.78. The smallest absolute Gasteiger partial charge is 0.407 e. The predicted molar refractivity (Wildman–Crippen MR) is 41.5 cm³/mol. The van der Waals surface area contributed by atoms with Crippen molar-refractivity contribution in [3.8, 4) is 0 Å². The minimum Gasteiger partial charge on any atom is -0.465 e. The van der Waals surface area contributed by atoms with Crippen LogP contribution < -0.4 is 0 Å². The molecule has 0 aromatic carbocycles. The van der Waals surface area contributed by atoms with E-state index in [4.69, 9.17) is 5.11 Å². The normalized spacial score (nSPS) is 14.5. The standard InChI is InChI=1S/C8H8N2O2/c11-8(12)10-4-6-1-2-9-3-7(6)5-10/h1-3H,4-5H2,(H,11,12). The van der Waals surface area contributed by atoms with Crippen molar-refractivity contribution in [3.05, 3.63) is 29.6 Å². The van der Waals surface area contributed by atoms with E-state index in [-0.39, 0.29) is 0 Å². The fraction of sp³-hybridized carbons (Fsp3) is 0.250. The van der Waals surface area contributed by atoms with E-state index in [1.807, 2.05) is 6.07 Å². The summed E-state index contributed by atoms with van der Waals surface area (Å²) in [5.74, 6) is 0. The van der Waals surface area contributed by atoms with E-state index in [0.717, 1.165) is 11.1 Å². The lowest BCUT2D eigenvalue weighted by atomic mass is 10.2. The molecule has 0 fully saturated rings. The highest BCUT2D eigenvalue weighted by Crippen LogP contribution is 2.20. The van der Waals surface area contributed by atoms with Crippen molar-refractivity contribution in [2.75, 3.05) is 0 Å². The van der Waals surface area contributed by atoms with Crippen molar-refractivity contribution in [1.82, 2.24) is 9.88 Å². The van der Waals surface area contributed by atoms with E-state index in [2.05, 4.69) is 4.98 Å². The van der Waals surface area contributed by atoms with Crippen LogP contribution in [0.1, 0.15) is 11.1 Å². The van der Waals surface area contributed by atoms with Gasteiger partial charge in [0.1, 0.15) is 0 Å². The summed E-state index contributed by atoms with van der Waals surface area (Å²) in [5.41, 5.74) is 2.08. The van der Waals surface area contributed by atoms with Gasteiger partial charge in [-0.1, -0.05) is 0 Å². The molecule has 2 rings (SSSR count). The van der Waals surface area contributed by atoms with E-state index in [0.29, 0.717) is 13.1 Å². The van der Waals surface area contributed by atoms with Gasteiger partial charge in [-0.05, 0) is 17.2 Å². The minimum absolute atomic E-state index is 0.471. The highest BCUT2D eigenvalue weighted by Gasteiger charge is 2.21. The molecule has 2 heterocycles. The topological polar surface area (TPSA) is 53.4 Å². The molecule has 4 heteroatoms. The summed E-state index contributed by atoms with van der Waals surface area (Å²) in [7, 11) is 0. The van der Waals surface area contributed by atoms with E-state index in [1.165, 1.54) is 4.90 Å². The highest BCUT2D eigenvalue weighted by molar-refractivity contribution is 5.66. The summed E-state index contributed by atoms with van der Waals surface area (Å²) in [6, 6.07) is 1.86. The molecule has 0 atom stereocenters. The number of hydrogen-bond donors (Lipinski definition) is 1. The molecule has 0 unspecified atom stereocenters. The Morgan fingerprint density at radius 1 is 1.50 bits per heavy atom. The molecule has 12 heavy (non-hydrogen) atoms. The van der Waals surface area contributed by atoms with Crippen LogP contribution in [-0.2, 0) is 13.1 Å². The number of rotatable bonds is 0. The quantitative estimate of drug-likeness (QED) is 0.624. The van der Waals surface area contributed by atoms with Gasteiger partial charge in [0, 0.05) is 18.9 Å². The largest absolute Gasteiger partial charge is 0.465 e. The van der Waals surface area contributed by atoms with Crippen molar-refractivity contribution in [2.45, 2.75) is 13.1 Å². The van der Waals surface area contributed by atoms with Crippen molar-refractivity contribution < 1.29 is 9.90 Å². The van der Waals surface area contributed by atoms with Gasteiger partial charge in [-0.3, -0.25) is 9.88 Å². The number of carboxylic acid groups (broad SMARTS) is 1. The summed E-state index contributed by atoms with van der Waals surface area (Å²) in [6.07, 6.45) is 2.54. The lowest BCUT2D eigenvalue weighted by Crippen LogP contribution is -2.22. The average molecular weight is 164 g/mol. The van der Waals surface area contributed by atoms with Crippen LogP contribution in [0.4, 0.5) is 4.79 Å². The Labute approximate surface area is 69.5 Å². The van der Waals surface area contributed by atoms with Crippen LogP contribution in [0.25, 0.3) is 0 Å². The zero-order valence-corrected chi connectivity index (χ0v) is 6.40. The molecule has 1 amide bonds. The summed E-state index contributed by atoms with van der Waals surface area (Å²) in [6.45, 7) is 0.964. The summed E-state index contributed by atoms with van der Waals surface area (Å²) in [5, 5.41) is 8.69. The van der Waals surface area contributed by atoms with E-state index >= 15 is 0 Å². The summed E-state index contributed by atoms with van der Waals surface area (Å²) in [4.78, 5) is 15.9. The van der Waals surface area contributed by atoms with Crippen molar-refractivity contribution in [2.24, 2.45) is 0 Å². The maximum Gasteiger partial charge on any atom is 0.407 e. The molecule has 0 saturated carbocycles. The van der Waals surface area contributed by atoms with Crippen LogP contribution in [0.2, 0.25) is 0 Å². The van der Waals surface area contributed by atoms with Gasteiger partial charge in [0.05, 0.1) is 6.54 Å². The maximum absolute atomic E-state index is 10.6. The molecule has 1 aliphatic rings. The van der Waals surface area contributed by atoms with Gasteiger partial charge < -0.3 is 5.11 Å². The number of carbonyl (C=O) groups is 1. The molecule has 0 radical (unpaired) electrons. The Hall–Kier alpha value is -1.58. The second-order valence-electron chi connectivity index (χ2n) is 2.78. The number of amides is 1. The monoisotopic (exact) mass is 164 g/mol. The first-order valence-corrected chi connectivity index (χ1v) is 3.67. The molecule has 1 aromatic rings. The third-order valence-corrected chi connectivity index (χ3v) is 2.00. The highest BCUT2D eigenvalue weighted by atomic mass is 16.4. The lowest BCUT2D eigenvalue weighted by Gasteiger charge is -2.08. The summed E-state index contributed by atoms with van der Waals surface area (Å²) >= 11 is 0. The van der Waals surface area contributed by atoms with Gasteiger partial charge >= 0.3 is 6.09 Å². The Morgan fingerprint density at radius 2 is 2.25 bits per heavy atom. The van der Waals surface area contributed by atoms with Crippen LogP contribution in [0.15, 0.2) is 18.5 Å². The fourth-order valence-corrected chi connectivity index (χ4v) is 1.35. The van der Waals surface area contributed by atoms with Gasteiger partial charge in [0.2, 0.25) is 0 Å². The SMILES string of the molecule is O=C(O)N1Cc2ccncc2C1. The Kier molecular flexibility index (Phi) is 1.46. The van der Waals surface area contributed by atoms with Crippen LogP contribution in [0.3, 0.4) is 0 Å². The second kappa shape index (κ2) is 2.48. The number of fused-ring (bicyclic) bond motifs is 1. The maximum atomic E-state index is 10.6. The number of hydrogen-bond acceptors (Lipinski definition) is 2. The van der Waals surface area contributed by atoms with Crippen LogP contribution >= 0.6 is 0 Å². The molecule has 62 valence electrons. The molecule has 0 aliphatic carbocycles. The lowest BCUT2D eigenvalue weighted by molar-refractivity contribution is 0.145. The molecule has 0 spiro atoms. The molecular formula is C8H8N2O2. The zero-order valence-electron chi connectivity index (χ0n) is 6.40. The third kappa shape index (κ3) is 1.01. The first kappa shape index (κ1) is 7.09. The van der Waals surface area contributed by atoms with E-state index in [1.54, 1.807) is 12.4 Å². The van der Waals surface area contributed by atoms with E-state index in [9.17, 15) is 4.79 Å². The zero-order chi connectivity index (χ0) is 8.55. The van der Waals surface area contributed by atoms with Crippen molar-refractivity contribution >= 4 is 6.09 Å². The number of nitrogens with zero attached hydrogens (tertiary/aromatic N) is 2. The number of aromatic nitrogens is 1. The van der Waals surface area contributed by atoms with Crippen molar-refractivity contribution in [3.63, 3.8) is 0 Å². The van der Waals surface area contributed by atoms with E-state index < -0.39 is 6.09 Å². The molecule has 1 aliphatic heterocycles. The van der Waals surface area contributed by atoms with Gasteiger partial charge in [-0.25, -0.2) is 4.79 Å². The molecule has 0 bridgehead atoms. The summed E-state index contributed by atoms with van der Waals surface area (Å²) < 4.78 is 0. The van der Waals surface area contributed by atoms with Crippen LogP contribution in [0, 0.1) is 0 Å². The van der Waals surface area contributed by atoms with Gasteiger partial charge in [0.25, 0.3) is 0 Å². The molecule has 1 N–H and O–H groups in total. The van der Waals surface area contributed by atoms with Gasteiger partial charge in [-0.15, -0.1) is 0 Å². The third-order valence-electron chi connectivity index (χ3n) is 2.00. The Balaban J connectivity index is 2.27. The van der Waals surface area contributed by atoms with Gasteiger partial charge in [0.15, 0.2) is 0 Å². The van der Waals surface area contributed by atoms with Crippen molar-refractivity contribution in [1.29, 1.82) is 0 Å². The fourth-order valence-electron chi connectivity index (χ4n) is 1.35. The first-order chi connectivity index (χ1) is 5.77. The van der Waals surface area contributed by atoms with Crippen LogP contribution in [0.5, 0.6) is 0 Å². The molecule has 4 nitrogen and oxygen atoms in total. The van der Waals surface area contributed by atoms with Gasteiger partial charge in [-0.2, -0.15) is 0 Å². The average Bonchev–Trinajstić information content (AvgIpc) is 2.46. The predicted octanol–water partition coefficient (Wildman–Crippen LogP) is 1.08.